The van der Waals surface area contributed by atoms with Crippen molar-refractivity contribution in [2.75, 3.05) is 5.32 Å². The Hall–Kier alpha value is -4.76. The zero-order chi connectivity index (χ0) is 21.9. The number of rotatable bonds is 4. The summed E-state index contributed by atoms with van der Waals surface area (Å²) in [5.74, 6) is 0.690. The average Bonchev–Trinajstić information content (AvgIpc) is 3.35. The van der Waals surface area contributed by atoms with E-state index >= 15 is 0 Å². The molecule has 0 radical (unpaired) electrons. The molecule has 6 nitrogen and oxygen atoms in total. The molecule has 3 aromatic carbocycles. The van der Waals surface area contributed by atoms with Crippen molar-refractivity contribution in [3.8, 4) is 28.8 Å². The summed E-state index contributed by atoms with van der Waals surface area (Å²) in [6.07, 6.45) is 3.24. The Bertz CT molecular complexity index is 1470. The molecule has 152 valence electrons. The zero-order valence-corrected chi connectivity index (χ0v) is 16.8. The van der Waals surface area contributed by atoms with Crippen LogP contribution in [-0.2, 0) is 0 Å². The van der Waals surface area contributed by atoms with Gasteiger partial charge in [-0.2, -0.15) is 5.26 Å². The van der Waals surface area contributed by atoms with Crippen LogP contribution in [0, 0.1) is 11.3 Å². The number of nitrogens with zero attached hydrogens (tertiary/aromatic N) is 3. The molecule has 0 saturated carbocycles. The van der Waals surface area contributed by atoms with Gasteiger partial charge in [0.2, 0.25) is 5.89 Å². The smallest absolute Gasteiger partial charge is 0.274 e. The van der Waals surface area contributed by atoms with E-state index in [1.807, 2.05) is 48.5 Å². The van der Waals surface area contributed by atoms with Gasteiger partial charge in [-0.15, -0.1) is 0 Å². The standard InChI is InChI=1S/C26H16N4O2/c27-15-18-12-13-21(30-25(31)22-11-4-5-14-28-22)24-19(18)9-6-10-20(24)26-29-16-23(32-26)17-7-2-1-3-8-17/h1-14,16H,(H,30,31). The molecule has 0 aliphatic rings. The van der Waals surface area contributed by atoms with Crippen molar-refractivity contribution in [1.29, 1.82) is 5.26 Å². The van der Waals surface area contributed by atoms with Crippen LogP contribution >= 0.6 is 0 Å². The van der Waals surface area contributed by atoms with Gasteiger partial charge in [0.15, 0.2) is 5.76 Å². The summed E-state index contributed by atoms with van der Waals surface area (Å²) in [7, 11) is 0. The fourth-order valence-electron chi connectivity index (χ4n) is 3.60. The monoisotopic (exact) mass is 416 g/mol. The van der Waals surface area contributed by atoms with Gasteiger partial charge in [-0.05, 0) is 30.3 Å². The Morgan fingerprint density at radius 1 is 0.906 bits per heavy atom. The molecule has 1 amide bonds. The highest BCUT2D eigenvalue weighted by Crippen LogP contribution is 2.37. The number of carbonyl (C=O) groups excluding carboxylic acids is 1. The molecule has 5 rings (SSSR count). The number of amides is 1. The highest BCUT2D eigenvalue weighted by atomic mass is 16.4. The maximum atomic E-state index is 12.8. The van der Waals surface area contributed by atoms with Gasteiger partial charge in [-0.3, -0.25) is 9.78 Å². The first kappa shape index (κ1) is 19.2. The van der Waals surface area contributed by atoms with Crippen molar-refractivity contribution in [1.82, 2.24) is 9.97 Å². The van der Waals surface area contributed by atoms with Crippen LogP contribution in [0.1, 0.15) is 16.1 Å². The molecule has 0 saturated heterocycles. The van der Waals surface area contributed by atoms with Crippen molar-refractivity contribution < 1.29 is 9.21 Å². The van der Waals surface area contributed by atoms with E-state index in [2.05, 4.69) is 21.4 Å². The first-order valence-corrected chi connectivity index (χ1v) is 9.94. The van der Waals surface area contributed by atoms with E-state index in [0.29, 0.717) is 44.9 Å². The van der Waals surface area contributed by atoms with Crippen molar-refractivity contribution in [2.24, 2.45) is 0 Å². The van der Waals surface area contributed by atoms with Gasteiger partial charge in [0.1, 0.15) is 5.69 Å². The fraction of sp³-hybridized carbons (Fsp3) is 0. The third kappa shape index (κ3) is 3.48. The lowest BCUT2D eigenvalue weighted by molar-refractivity contribution is 0.102. The first-order valence-electron chi connectivity index (χ1n) is 9.94. The molecule has 0 fully saturated rings. The molecule has 0 unspecified atom stereocenters. The maximum absolute atomic E-state index is 12.8. The summed E-state index contributed by atoms with van der Waals surface area (Å²) in [5.41, 5.74) is 2.92. The maximum Gasteiger partial charge on any atom is 0.274 e. The van der Waals surface area contributed by atoms with Gasteiger partial charge in [0, 0.05) is 33.8 Å². The molecular weight excluding hydrogens is 400 g/mol. The van der Waals surface area contributed by atoms with Crippen LogP contribution in [-0.4, -0.2) is 15.9 Å². The number of hydrogen-bond acceptors (Lipinski definition) is 5. The van der Waals surface area contributed by atoms with Gasteiger partial charge >= 0.3 is 0 Å². The van der Waals surface area contributed by atoms with Gasteiger partial charge in [0.05, 0.1) is 17.8 Å². The van der Waals surface area contributed by atoms with Gasteiger partial charge in [-0.1, -0.05) is 48.5 Å². The zero-order valence-electron chi connectivity index (χ0n) is 16.8. The lowest BCUT2D eigenvalue weighted by Crippen LogP contribution is -2.13. The lowest BCUT2D eigenvalue weighted by Gasteiger charge is -2.12. The lowest BCUT2D eigenvalue weighted by atomic mass is 9.98. The summed E-state index contributed by atoms with van der Waals surface area (Å²) in [4.78, 5) is 21.4. The molecular formula is C26H16N4O2. The van der Waals surface area contributed by atoms with Crippen molar-refractivity contribution in [3.63, 3.8) is 0 Å². The Labute approximate surface area is 183 Å². The second-order valence-corrected chi connectivity index (χ2v) is 7.07. The van der Waals surface area contributed by atoms with Crippen LogP contribution in [0.5, 0.6) is 0 Å². The third-order valence-corrected chi connectivity index (χ3v) is 5.10. The molecule has 6 heteroatoms. The first-order chi connectivity index (χ1) is 15.7. The van der Waals surface area contributed by atoms with E-state index in [0.717, 1.165) is 5.56 Å². The SMILES string of the molecule is N#Cc1ccc(NC(=O)c2ccccn2)c2c(-c3ncc(-c4ccccc4)o3)cccc12. The Morgan fingerprint density at radius 2 is 1.75 bits per heavy atom. The number of hydrogen-bond donors (Lipinski definition) is 1. The number of nitriles is 1. The molecule has 1 N–H and O–H groups in total. The summed E-state index contributed by atoms with van der Waals surface area (Å²) in [5, 5.41) is 13.9. The van der Waals surface area contributed by atoms with Crippen LogP contribution in [0.15, 0.2) is 95.7 Å². The molecule has 2 aromatic heterocycles. The summed E-state index contributed by atoms with van der Waals surface area (Å²) >= 11 is 0. The molecule has 5 aromatic rings. The Balaban J connectivity index is 1.65. The molecule has 0 spiro atoms. The highest BCUT2D eigenvalue weighted by molar-refractivity contribution is 6.12. The molecule has 2 heterocycles. The van der Waals surface area contributed by atoms with Crippen LogP contribution in [0.3, 0.4) is 0 Å². The van der Waals surface area contributed by atoms with Crippen LogP contribution in [0.2, 0.25) is 0 Å². The number of fused-ring (bicyclic) bond motifs is 1. The fourth-order valence-corrected chi connectivity index (χ4v) is 3.60. The topological polar surface area (TPSA) is 91.8 Å². The minimum Gasteiger partial charge on any atom is -0.436 e. The minimum absolute atomic E-state index is 0.296. The number of aromatic nitrogens is 2. The number of nitrogens with one attached hydrogen (secondary N) is 1. The van der Waals surface area contributed by atoms with Crippen molar-refractivity contribution >= 4 is 22.4 Å². The summed E-state index contributed by atoms with van der Waals surface area (Å²) in [6, 6.07) is 26.0. The average molecular weight is 416 g/mol. The number of carbonyl (C=O) groups is 1. The number of oxazole rings is 1. The molecule has 0 aliphatic carbocycles. The van der Waals surface area contributed by atoms with Gasteiger partial charge < -0.3 is 9.73 Å². The van der Waals surface area contributed by atoms with Crippen molar-refractivity contribution in [3.05, 3.63) is 103 Å². The van der Waals surface area contributed by atoms with E-state index < -0.39 is 0 Å². The van der Waals surface area contributed by atoms with E-state index in [1.165, 1.54) is 0 Å². The second kappa shape index (κ2) is 8.17. The normalized spacial score (nSPS) is 10.6. The number of pyridine rings is 1. The number of benzene rings is 3. The van der Waals surface area contributed by atoms with Gasteiger partial charge in [0.25, 0.3) is 5.91 Å². The third-order valence-electron chi connectivity index (χ3n) is 5.10. The van der Waals surface area contributed by atoms with Crippen LogP contribution in [0.4, 0.5) is 5.69 Å². The predicted octanol–water partition coefficient (Wildman–Crippen LogP) is 5.68. The largest absolute Gasteiger partial charge is 0.436 e. The van der Waals surface area contributed by atoms with Crippen LogP contribution < -0.4 is 5.32 Å². The molecule has 0 atom stereocenters. The highest BCUT2D eigenvalue weighted by Gasteiger charge is 2.18. The molecule has 32 heavy (non-hydrogen) atoms. The minimum atomic E-state index is -0.344. The number of anilines is 1. The Morgan fingerprint density at radius 3 is 2.53 bits per heavy atom. The van der Waals surface area contributed by atoms with Crippen LogP contribution in [0.25, 0.3) is 33.6 Å². The van der Waals surface area contributed by atoms with E-state index in [-0.39, 0.29) is 5.91 Å². The van der Waals surface area contributed by atoms with E-state index in [1.54, 1.807) is 42.7 Å². The quantitative estimate of drug-likeness (QED) is 0.407. The second-order valence-electron chi connectivity index (χ2n) is 7.07. The molecule has 0 bridgehead atoms. The summed E-state index contributed by atoms with van der Waals surface area (Å²) in [6.45, 7) is 0. The van der Waals surface area contributed by atoms with E-state index in [4.69, 9.17) is 4.42 Å². The Kier molecular flexibility index (Phi) is 4.91. The molecule has 0 aliphatic heterocycles. The van der Waals surface area contributed by atoms with E-state index in [9.17, 15) is 10.1 Å². The predicted molar refractivity (Wildman–Crippen MR) is 122 cm³/mol. The van der Waals surface area contributed by atoms with Crippen molar-refractivity contribution in [2.45, 2.75) is 0 Å². The van der Waals surface area contributed by atoms with Gasteiger partial charge in [-0.25, -0.2) is 4.98 Å². The summed E-state index contributed by atoms with van der Waals surface area (Å²) < 4.78 is 6.06.